The van der Waals surface area contributed by atoms with Crippen LogP contribution in [0.2, 0.25) is 0 Å². The largest absolute Gasteiger partial charge is 0.493 e. The van der Waals surface area contributed by atoms with E-state index in [1.807, 2.05) is 52.8 Å². The van der Waals surface area contributed by atoms with Gasteiger partial charge in [-0.05, 0) is 81.0 Å². The predicted octanol–water partition coefficient (Wildman–Crippen LogP) is 4.80. The first kappa shape index (κ1) is 28.7. The number of hydrogen-bond donors (Lipinski definition) is 2. The van der Waals surface area contributed by atoms with Crippen LogP contribution < -0.4 is 25.0 Å². The van der Waals surface area contributed by atoms with Gasteiger partial charge in [-0.3, -0.25) is 19.3 Å². The van der Waals surface area contributed by atoms with Crippen LogP contribution in [-0.2, 0) is 9.59 Å². The lowest BCUT2D eigenvalue weighted by Crippen LogP contribution is -2.51. The van der Waals surface area contributed by atoms with Crippen LogP contribution in [0.1, 0.15) is 53.2 Å². The van der Waals surface area contributed by atoms with E-state index in [0.29, 0.717) is 27.6 Å². The Labute approximate surface area is 228 Å². The number of aryl methyl sites for hydroxylation is 2. The van der Waals surface area contributed by atoms with Crippen molar-refractivity contribution in [3.05, 3.63) is 75.5 Å². The second-order valence-electron chi connectivity index (χ2n) is 9.97. The molecule has 0 aliphatic rings. The molecular formula is C29H35N3O5S. The third-order valence-corrected chi connectivity index (χ3v) is 6.63. The van der Waals surface area contributed by atoms with Gasteiger partial charge < -0.3 is 20.1 Å². The van der Waals surface area contributed by atoms with Crippen LogP contribution in [-0.4, -0.2) is 44.0 Å². The molecule has 3 amide bonds. The Kier molecular flexibility index (Phi) is 9.17. The van der Waals surface area contributed by atoms with Crippen molar-refractivity contribution in [1.82, 2.24) is 10.6 Å². The molecule has 0 radical (unpaired) electrons. The second-order valence-corrected chi connectivity index (χ2v) is 10.9. The summed E-state index contributed by atoms with van der Waals surface area (Å²) in [4.78, 5) is 42.4. The van der Waals surface area contributed by atoms with E-state index in [2.05, 4.69) is 10.6 Å². The Morgan fingerprint density at radius 3 is 2.29 bits per heavy atom. The number of amides is 3. The summed E-state index contributed by atoms with van der Waals surface area (Å²) >= 11 is 1.29. The quantitative estimate of drug-likeness (QED) is 0.409. The monoisotopic (exact) mass is 537 g/mol. The number of methoxy groups -OCH3 is 2. The van der Waals surface area contributed by atoms with E-state index in [0.717, 1.165) is 11.1 Å². The van der Waals surface area contributed by atoms with Gasteiger partial charge in [-0.1, -0.05) is 24.3 Å². The topological polar surface area (TPSA) is 97.0 Å². The van der Waals surface area contributed by atoms with Gasteiger partial charge in [0, 0.05) is 11.2 Å². The summed E-state index contributed by atoms with van der Waals surface area (Å²) < 4.78 is 10.9. The maximum Gasteiger partial charge on any atom is 0.261 e. The van der Waals surface area contributed by atoms with E-state index in [1.54, 1.807) is 35.7 Å². The van der Waals surface area contributed by atoms with Crippen LogP contribution in [0.15, 0.2) is 53.9 Å². The smallest absolute Gasteiger partial charge is 0.261 e. The number of nitrogens with one attached hydrogen (secondary N) is 2. The third-order valence-electron chi connectivity index (χ3n) is 5.77. The summed E-state index contributed by atoms with van der Waals surface area (Å²) in [5.41, 5.74) is 2.28. The molecule has 1 aromatic heterocycles. The van der Waals surface area contributed by atoms with E-state index in [4.69, 9.17) is 9.47 Å². The summed E-state index contributed by atoms with van der Waals surface area (Å²) in [5.74, 6) is -0.232. The zero-order valence-electron chi connectivity index (χ0n) is 22.9. The maximum absolute atomic E-state index is 13.9. The van der Waals surface area contributed by atoms with Crippen molar-refractivity contribution in [2.75, 3.05) is 25.7 Å². The lowest BCUT2D eigenvalue weighted by molar-refractivity contribution is -0.127. The van der Waals surface area contributed by atoms with Crippen LogP contribution in [0, 0.1) is 13.8 Å². The highest BCUT2D eigenvalue weighted by Crippen LogP contribution is 2.36. The van der Waals surface area contributed by atoms with Crippen LogP contribution in [0.5, 0.6) is 11.5 Å². The predicted molar refractivity (Wildman–Crippen MR) is 150 cm³/mol. The van der Waals surface area contributed by atoms with Crippen molar-refractivity contribution in [3.8, 4) is 11.5 Å². The van der Waals surface area contributed by atoms with Crippen molar-refractivity contribution < 1.29 is 23.9 Å². The lowest BCUT2D eigenvalue weighted by atomic mass is 9.98. The van der Waals surface area contributed by atoms with Gasteiger partial charge in [0.15, 0.2) is 11.5 Å². The summed E-state index contributed by atoms with van der Waals surface area (Å²) in [5, 5.41) is 7.52. The molecule has 2 aromatic carbocycles. The number of anilines is 1. The molecule has 9 heteroatoms. The van der Waals surface area contributed by atoms with Crippen molar-refractivity contribution in [2.24, 2.45) is 0 Å². The first-order valence-electron chi connectivity index (χ1n) is 12.2. The number of thiophene rings is 1. The first-order chi connectivity index (χ1) is 17.9. The van der Waals surface area contributed by atoms with Crippen molar-refractivity contribution in [1.29, 1.82) is 0 Å². The van der Waals surface area contributed by atoms with Gasteiger partial charge >= 0.3 is 0 Å². The van der Waals surface area contributed by atoms with Gasteiger partial charge in [0.05, 0.1) is 25.6 Å². The summed E-state index contributed by atoms with van der Waals surface area (Å²) in [7, 11) is 3.04. The first-order valence-corrected chi connectivity index (χ1v) is 13.1. The number of rotatable bonds is 9. The average Bonchev–Trinajstić information content (AvgIpc) is 3.41. The van der Waals surface area contributed by atoms with E-state index in [9.17, 15) is 14.4 Å². The van der Waals surface area contributed by atoms with Crippen LogP contribution in [0.4, 0.5) is 5.69 Å². The minimum absolute atomic E-state index is 0.295. The van der Waals surface area contributed by atoms with Crippen molar-refractivity contribution in [3.63, 3.8) is 0 Å². The third kappa shape index (κ3) is 6.92. The molecule has 3 rings (SSSR count). The molecular weight excluding hydrogens is 502 g/mol. The summed E-state index contributed by atoms with van der Waals surface area (Å²) in [6.45, 7) is 9.14. The van der Waals surface area contributed by atoms with Crippen molar-refractivity contribution >= 4 is 34.7 Å². The Balaban J connectivity index is 2.14. The molecule has 0 fully saturated rings. The molecule has 0 saturated heterocycles. The number of benzene rings is 2. The Morgan fingerprint density at radius 1 is 0.974 bits per heavy atom. The molecule has 0 bridgehead atoms. The fourth-order valence-electron chi connectivity index (χ4n) is 4.01. The number of ether oxygens (including phenoxy) is 2. The van der Waals surface area contributed by atoms with Gasteiger partial charge in [0.1, 0.15) is 6.04 Å². The van der Waals surface area contributed by atoms with E-state index < -0.39 is 17.5 Å². The minimum Gasteiger partial charge on any atom is -0.493 e. The molecule has 1 atom stereocenters. The average molecular weight is 538 g/mol. The van der Waals surface area contributed by atoms with Crippen LogP contribution in [0.25, 0.3) is 0 Å². The molecule has 38 heavy (non-hydrogen) atoms. The molecule has 1 heterocycles. The molecule has 0 unspecified atom stereocenters. The molecule has 3 aromatic rings. The van der Waals surface area contributed by atoms with Gasteiger partial charge in [0.25, 0.3) is 5.91 Å². The van der Waals surface area contributed by atoms with Gasteiger partial charge in [-0.15, -0.1) is 11.3 Å². The van der Waals surface area contributed by atoms with E-state index in [-0.39, 0.29) is 18.4 Å². The number of nitrogens with zero attached hydrogens (tertiary/aromatic N) is 1. The van der Waals surface area contributed by atoms with Gasteiger partial charge in [-0.2, -0.15) is 0 Å². The molecule has 8 nitrogen and oxygen atoms in total. The fourth-order valence-corrected chi connectivity index (χ4v) is 4.65. The zero-order chi connectivity index (χ0) is 28.0. The second kappa shape index (κ2) is 12.1. The molecule has 0 aliphatic carbocycles. The Hall–Kier alpha value is -3.85. The van der Waals surface area contributed by atoms with Gasteiger partial charge in [-0.25, -0.2) is 0 Å². The highest BCUT2D eigenvalue weighted by atomic mass is 32.1. The Bertz CT molecular complexity index is 1300. The maximum atomic E-state index is 13.9. The fraction of sp³-hybridized carbons (Fsp3) is 0.345. The highest BCUT2D eigenvalue weighted by Gasteiger charge is 2.36. The molecule has 2 N–H and O–H groups in total. The van der Waals surface area contributed by atoms with Gasteiger partial charge in [0.2, 0.25) is 11.8 Å². The van der Waals surface area contributed by atoms with Crippen LogP contribution in [0.3, 0.4) is 0 Å². The normalized spacial score (nSPS) is 11.9. The SMILES string of the molecule is COc1ccc([C@@H](C(=O)NC(C)(C)C)N(C(=O)CNC(=O)c2cccs2)c2cc(C)ccc2C)cc1OC. The van der Waals surface area contributed by atoms with E-state index >= 15 is 0 Å². The molecule has 0 aliphatic heterocycles. The molecule has 0 spiro atoms. The standard InChI is InChI=1S/C29H35N3O5S/c1-18-10-11-19(2)21(15-18)32(25(33)17-30-27(34)24-9-8-14-38-24)26(28(35)31-29(3,4)5)20-12-13-22(36-6)23(16-20)37-7/h8-16,26H,17H2,1-7H3,(H,30,34)(H,31,35)/t26-/m0/s1. The number of carbonyl (C=O) groups is 3. The van der Waals surface area contributed by atoms with E-state index in [1.165, 1.54) is 30.5 Å². The molecule has 0 saturated carbocycles. The van der Waals surface area contributed by atoms with Crippen LogP contribution >= 0.6 is 11.3 Å². The minimum atomic E-state index is -1.05. The Morgan fingerprint density at radius 2 is 1.68 bits per heavy atom. The number of hydrogen-bond acceptors (Lipinski definition) is 6. The summed E-state index contributed by atoms with van der Waals surface area (Å²) in [6, 6.07) is 13.3. The zero-order valence-corrected chi connectivity index (χ0v) is 23.7. The highest BCUT2D eigenvalue weighted by molar-refractivity contribution is 7.12. The molecule has 202 valence electrons. The lowest BCUT2D eigenvalue weighted by Gasteiger charge is -2.35. The van der Waals surface area contributed by atoms with Crippen molar-refractivity contribution in [2.45, 2.75) is 46.2 Å². The summed E-state index contributed by atoms with van der Waals surface area (Å²) in [6.07, 6.45) is 0. The number of carbonyl (C=O) groups excluding carboxylic acids is 3.